The van der Waals surface area contributed by atoms with E-state index in [9.17, 15) is 17.2 Å². The minimum atomic E-state index is -4.18. The largest absolute Gasteiger partial charge is 0.496 e. The second-order valence-corrected chi connectivity index (χ2v) is 9.97. The summed E-state index contributed by atoms with van der Waals surface area (Å²) in [5, 5.41) is 8.46. The molecule has 1 aliphatic rings. The average molecular weight is 517 g/mol. The fraction of sp³-hybridized carbons (Fsp3) is 0.250. The van der Waals surface area contributed by atoms with Gasteiger partial charge in [0.1, 0.15) is 21.8 Å². The molecule has 0 fully saturated rings. The highest BCUT2D eigenvalue weighted by Gasteiger charge is 2.28. The first kappa shape index (κ1) is 23.8. The van der Waals surface area contributed by atoms with Gasteiger partial charge >= 0.3 is 0 Å². The predicted molar refractivity (Wildman–Crippen MR) is 127 cm³/mol. The summed E-state index contributed by atoms with van der Waals surface area (Å²) >= 11 is 0. The maximum atomic E-state index is 13.4. The Hall–Kier alpha value is -3.93. The first-order chi connectivity index (χ1) is 17.3. The van der Waals surface area contributed by atoms with Crippen molar-refractivity contribution in [2.45, 2.75) is 30.7 Å². The minimum absolute atomic E-state index is 0.0445. The van der Waals surface area contributed by atoms with Crippen LogP contribution >= 0.6 is 0 Å². The van der Waals surface area contributed by atoms with Gasteiger partial charge in [-0.15, -0.1) is 0 Å². The molecule has 0 saturated heterocycles. The Balaban J connectivity index is 1.50. The van der Waals surface area contributed by atoms with Gasteiger partial charge in [-0.1, -0.05) is 5.16 Å². The molecule has 0 bridgehead atoms. The van der Waals surface area contributed by atoms with Gasteiger partial charge in [-0.25, -0.2) is 8.42 Å². The lowest BCUT2D eigenvalue weighted by Gasteiger charge is -2.21. The molecule has 0 saturated carbocycles. The van der Waals surface area contributed by atoms with Crippen LogP contribution in [-0.4, -0.2) is 37.6 Å². The van der Waals surface area contributed by atoms with E-state index in [2.05, 4.69) is 15.0 Å². The lowest BCUT2D eigenvalue weighted by atomic mass is 9.88. The summed E-state index contributed by atoms with van der Waals surface area (Å²) in [5.74, 6) is 0.374. The molecule has 2 aromatic heterocycles. The van der Waals surface area contributed by atoms with E-state index in [1.54, 1.807) is 29.1 Å². The molecule has 188 valence electrons. The third-order valence-corrected chi connectivity index (χ3v) is 7.46. The standard InChI is InChI=1S/C24H22F2N4O5S/c1-33-18-11-17-10-16(23(25)26)5-4-15(17)12-21(18)36(31,32)29-24-22-19(34-2)8-14(9-20(22)35-28-24)13-30-7-3-6-27-30/h3,6-9,11-12H,4-5,10,13H2,1-2H3,(H,28,29). The zero-order valence-corrected chi connectivity index (χ0v) is 20.2. The lowest BCUT2D eigenvalue weighted by molar-refractivity contribution is 0.398. The van der Waals surface area contributed by atoms with Gasteiger partial charge in [0.25, 0.3) is 16.1 Å². The number of aryl methyl sites for hydroxylation is 1. The smallest absolute Gasteiger partial charge is 0.269 e. The number of allylic oxidation sites excluding steroid dienone is 1. The molecule has 0 spiro atoms. The molecule has 0 amide bonds. The fourth-order valence-electron chi connectivity index (χ4n) is 4.35. The molecule has 0 aliphatic heterocycles. The molecular formula is C24H22F2N4O5S. The van der Waals surface area contributed by atoms with Crippen LogP contribution < -0.4 is 14.2 Å². The Morgan fingerprint density at radius 2 is 1.92 bits per heavy atom. The van der Waals surface area contributed by atoms with Crippen LogP contribution in [0, 0.1) is 0 Å². The van der Waals surface area contributed by atoms with Crippen molar-refractivity contribution in [1.82, 2.24) is 14.9 Å². The van der Waals surface area contributed by atoms with Crippen LogP contribution in [0.25, 0.3) is 11.0 Å². The first-order valence-electron chi connectivity index (χ1n) is 11.0. The normalized spacial score (nSPS) is 13.5. The Morgan fingerprint density at radius 3 is 2.61 bits per heavy atom. The number of aromatic nitrogens is 3. The van der Waals surface area contributed by atoms with Crippen LogP contribution in [0.5, 0.6) is 11.5 Å². The molecule has 5 rings (SSSR count). The number of hydrogen-bond acceptors (Lipinski definition) is 7. The summed E-state index contributed by atoms with van der Waals surface area (Å²) in [6.07, 6.45) is 2.30. The summed E-state index contributed by atoms with van der Waals surface area (Å²) in [4.78, 5) is -0.123. The van der Waals surface area contributed by atoms with Crippen molar-refractivity contribution >= 4 is 26.8 Å². The number of halogens is 2. The molecule has 2 aromatic carbocycles. The minimum Gasteiger partial charge on any atom is -0.496 e. The topological polar surface area (TPSA) is 108 Å². The van der Waals surface area contributed by atoms with Crippen LogP contribution in [0.15, 0.2) is 63.8 Å². The molecule has 36 heavy (non-hydrogen) atoms. The van der Waals surface area contributed by atoms with Crippen LogP contribution in [0.3, 0.4) is 0 Å². The molecule has 12 heteroatoms. The maximum Gasteiger partial charge on any atom is 0.269 e. The molecule has 0 radical (unpaired) electrons. The highest BCUT2D eigenvalue weighted by molar-refractivity contribution is 7.92. The van der Waals surface area contributed by atoms with Crippen molar-refractivity contribution in [3.05, 3.63) is 71.1 Å². The van der Waals surface area contributed by atoms with E-state index in [1.807, 2.05) is 6.20 Å². The number of methoxy groups -OCH3 is 2. The predicted octanol–water partition coefficient (Wildman–Crippen LogP) is 4.53. The van der Waals surface area contributed by atoms with E-state index in [0.717, 1.165) is 5.56 Å². The van der Waals surface area contributed by atoms with Gasteiger partial charge in [-0.2, -0.15) is 13.9 Å². The van der Waals surface area contributed by atoms with E-state index in [-0.39, 0.29) is 34.9 Å². The summed E-state index contributed by atoms with van der Waals surface area (Å²) < 4.78 is 73.4. The molecule has 9 nitrogen and oxygen atoms in total. The molecule has 2 heterocycles. The Kier molecular flexibility index (Phi) is 6.12. The number of anilines is 1. The van der Waals surface area contributed by atoms with E-state index >= 15 is 0 Å². The van der Waals surface area contributed by atoms with Crippen molar-refractivity contribution in [3.8, 4) is 11.5 Å². The highest BCUT2D eigenvalue weighted by Crippen LogP contribution is 2.38. The SMILES string of the molecule is COc1cc2c(cc1S(=O)(=O)Nc1noc3cc(Cn4cccn4)cc(OC)c13)CCC(=C(F)F)C2. The Bertz CT molecular complexity index is 1580. The quantitative estimate of drug-likeness (QED) is 0.384. The molecule has 0 atom stereocenters. The lowest BCUT2D eigenvalue weighted by Crippen LogP contribution is -2.16. The summed E-state index contributed by atoms with van der Waals surface area (Å²) in [7, 11) is -1.39. The monoisotopic (exact) mass is 516 g/mol. The molecule has 1 N–H and O–H groups in total. The fourth-order valence-corrected chi connectivity index (χ4v) is 5.56. The number of rotatable bonds is 7. The third kappa shape index (κ3) is 4.39. The number of ether oxygens (including phenoxy) is 2. The number of nitrogens with one attached hydrogen (secondary N) is 1. The molecular weight excluding hydrogens is 494 g/mol. The molecule has 0 unspecified atom stereocenters. The third-order valence-electron chi connectivity index (χ3n) is 6.10. The Morgan fingerprint density at radius 1 is 1.11 bits per heavy atom. The summed E-state index contributed by atoms with van der Waals surface area (Å²) in [6, 6.07) is 8.26. The van der Waals surface area contributed by atoms with Crippen molar-refractivity contribution in [2.75, 3.05) is 18.9 Å². The van der Waals surface area contributed by atoms with Gasteiger partial charge in [0.05, 0.1) is 20.8 Å². The average Bonchev–Trinajstić information content (AvgIpc) is 3.52. The first-order valence-corrected chi connectivity index (χ1v) is 12.5. The van der Waals surface area contributed by atoms with Crippen LogP contribution in [0.2, 0.25) is 0 Å². The highest BCUT2D eigenvalue weighted by atomic mass is 32.2. The second-order valence-electron chi connectivity index (χ2n) is 8.32. The van der Waals surface area contributed by atoms with Gasteiger partial charge < -0.3 is 14.0 Å². The number of sulfonamides is 1. The number of fused-ring (bicyclic) bond motifs is 2. The van der Waals surface area contributed by atoms with Gasteiger partial charge in [-0.05, 0) is 71.9 Å². The van der Waals surface area contributed by atoms with Gasteiger partial charge in [0.2, 0.25) is 0 Å². The van der Waals surface area contributed by atoms with Gasteiger partial charge in [-0.3, -0.25) is 9.40 Å². The van der Waals surface area contributed by atoms with E-state index in [1.165, 1.54) is 26.4 Å². The Labute approximate surface area is 205 Å². The van der Waals surface area contributed by atoms with Gasteiger partial charge in [0.15, 0.2) is 11.4 Å². The molecule has 1 aliphatic carbocycles. The number of hydrogen-bond donors (Lipinski definition) is 1. The van der Waals surface area contributed by atoms with E-state index in [4.69, 9.17) is 14.0 Å². The number of benzene rings is 2. The van der Waals surface area contributed by atoms with Crippen LogP contribution in [-0.2, 0) is 29.4 Å². The van der Waals surface area contributed by atoms with E-state index in [0.29, 0.717) is 40.8 Å². The van der Waals surface area contributed by atoms with Crippen LogP contribution in [0.4, 0.5) is 14.6 Å². The van der Waals surface area contributed by atoms with Crippen molar-refractivity contribution < 1.29 is 31.2 Å². The van der Waals surface area contributed by atoms with E-state index < -0.39 is 16.1 Å². The maximum absolute atomic E-state index is 13.4. The summed E-state index contributed by atoms with van der Waals surface area (Å²) in [5.41, 5.74) is 2.48. The van der Waals surface area contributed by atoms with Crippen molar-refractivity contribution in [1.29, 1.82) is 0 Å². The number of nitrogens with zero attached hydrogens (tertiary/aromatic N) is 3. The summed E-state index contributed by atoms with van der Waals surface area (Å²) in [6.45, 7) is 0.455. The second kappa shape index (κ2) is 9.26. The van der Waals surface area contributed by atoms with Crippen molar-refractivity contribution in [3.63, 3.8) is 0 Å². The van der Waals surface area contributed by atoms with Crippen molar-refractivity contribution in [2.24, 2.45) is 0 Å². The van der Waals surface area contributed by atoms with Gasteiger partial charge in [0, 0.05) is 12.4 Å². The molecule has 4 aromatic rings. The zero-order valence-electron chi connectivity index (χ0n) is 19.4. The zero-order chi connectivity index (χ0) is 25.4. The van der Waals surface area contributed by atoms with Crippen LogP contribution in [0.1, 0.15) is 23.1 Å².